The maximum absolute atomic E-state index is 4.28. The van der Waals surface area contributed by atoms with Gasteiger partial charge in [0.1, 0.15) is 24.7 Å². The predicted octanol–water partition coefficient (Wildman–Crippen LogP) is 15.8. The van der Waals surface area contributed by atoms with Gasteiger partial charge in [0.2, 0.25) is 0 Å². The largest absolute Gasteiger partial charge is 0.326 e. The molecule has 0 amide bonds. The van der Waals surface area contributed by atoms with Crippen molar-refractivity contribution < 1.29 is 0 Å². The van der Waals surface area contributed by atoms with Crippen LogP contribution in [0.1, 0.15) is 113 Å². The summed E-state index contributed by atoms with van der Waals surface area (Å²) in [5.74, 6) is 0. The van der Waals surface area contributed by atoms with Crippen molar-refractivity contribution in [2.24, 2.45) is 0 Å². The van der Waals surface area contributed by atoms with Gasteiger partial charge in [-0.1, -0.05) is 177 Å². The van der Waals surface area contributed by atoms with E-state index in [1.165, 1.54) is 67.7 Å². The molecule has 3 nitrogen and oxygen atoms in total. The Labute approximate surface area is 356 Å². The molecule has 0 N–H and O–H groups in total. The minimum absolute atomic E-state index is 0.612. The van der Waals surface area contributed by atoms with Gasteiger partial charge in [-0.05, 0) is 136 Å². The van der Waals surface area contributed by atoms with Gasteiger partial charge < -0.3 is 13.7 Å². The van der Waals surface area contributed by atoms with Gasteiger partial charge in [0.15, 0.2) is 0 Å². The van der Waals surface area contributed by atoms with Crippen molar-refractivity contribution in [3.63, 3.8) is 0 Å². The van der Waals surface area contributed by atoms with Crippen LogP contribution in [0.2, 0.25) is 56.9 Å². The van der Waals surface area contributed by atoms with Crippen LogP contribution in [0.3, 0.4) is 0 Å². The molecule has 0 bridgehead atoms. The first-order valence-corrected chi connectivity index (χ1v) is 31.2. The Morgan fingerprint density at radius 3 is 1.20 bits per heavy atom. The first-order valence-electron chi connectivity index (χ1n) is 21.9. The van der Waals surface area contributed by atoms with Gasteiger partial charge in [-0.3, -0.25) is 0 Å². The molecule has 0 heterocycles. The van der Waals surface area contributed by atoms with E-state index in [1.807, 2.05) is 18.2 Å². The second-order valence-electron chi connectivity index (χ2n) is 18.5. The summed E-state index contributed by atoms with van der Waals surface area (Å²) in [6.07, 6.45) is 20.5. The quantitative estimate of drug-likeness (QED) is 0.0442. The fraction of sp³-hybridized carbons (Fsp3) is 0.640. The van der Waals surface area contributed by atoms with Crippen LogP contribution in [-0.2, 0) is 0 Å². The van der Waals surface area contributed by atoms with Gasteiger partial charge in [-0.25, -0.2) is 0 Å². The summed E-state index contributed by atoms with van der Waals surface area (Å²) in [7, 11) is 0.523. The van der Waals surface area contributed by atoms with E-state index in [0.29, 0.717) is 11.6 Å². The smallest absolute Gasteiger partial charge is 0.129 e. The second kappa shape index (κ2) is 31.2. The molecule has 6 heteroatoms. The molecule has 0 saturated heterocycles. The molecule has 0 saturated carbocycles. The zero-order chi connectivity index (χ0) is 44.3. The molecule has 0 aromatic heterocycles. The van der Waals surface area contributed by atoms with Crippen LogP contribution in [-0.4, -0.2) is 78.2 Å². The highest BCUT2D eigenvalue weighted by Gasteiger charge is 2.39. The van der Waals surface area contributed by atoms with E-state index >= 15 is 0 Å². The summed E-state index contributed by atoms with van der Waals surface area (Å²) in [6.45, 7) is 64.2. The monoisotopic (exact) mass is 824 g/mol. The lowest BCUT2D eigenvalue weighted by molar-refractivity contribution is 0.344. The van der Waals surface area contributed by atoms with E-state index in [-0.39, 0.29) is 0 Å². The molecule has 324 valence electrons. The third-order valence-corrected chi connectivity index (χ3v) is 23.6. The van der Waals surface area contributed by atoms with Gasteiger partial charge in [-0.2, -0.15) is 0 Å². The third kappa shape index (κ3) is 26.2. The lowest BCUT2D eigenvalue weighted by Gasteiger charge is -2.45. The molecule has 0 rings (SSSR count). The average Bonchev–Trinajstić information content (AvgIpc) is 3.10. The lowest BCUT2D eigenvalue weighted by Crippen LogP contribution is -2.55. The molecule has 0 aliphatic heterocycles. The van der Waals surface area contributed by atoms with E-state index in [0.717, 1.165) is 55.2 Å². The summed E-state index contributed by atoms with van der Waals surface area (Å²) < 4.78 is 7.93. The summed E-state index contributed by atoms with van der Waals surface area (Å²) in [5, 5.41) is 0. The maximum Gasteiger partial charge on any atom is 0.129 e. The van der Waals surface area contributed by atoms with Gasteiger partial charge in [-0.15, -0.1) is 6.58 Å². The highest BCUT2D eigenvalue weighted by molar-refractivity contribution is 6.77. The van der Waals surface area contributed by atoms with E-state index < -0.39 is 24.7 Å². The zero-order valence-electron chi connectivity index (χ0n) is 40.7. The zero-order valence-corrected chi connectivity index (χ0v) is 43.7. The number of hydrogen-bond donors (Lipinski definition) is 0. The van der Waals surface area contributed by atoms with Crippen LogP contribution in [0.5, 0.6) is 0 Å². The number of allylic oxidation sites excluding steroid dienone is 11. The van der Waals surface area contributed by atoms with Crippen molar-refractivity contribution in [3.8, 4) is 0 Å². The Balaban J connectivity index is -0.000000754. The predicted molar refractivity (Wildman–Crippen MR) is 272 cm³/mol. The molecular formula is C50H97N3Si3. The fourth-order valence-corrected chi connectivity index (χ4v) is 17.4. The molecule has 0 spiro atoms. The molecule has 0 aliphatic rings. The van der Waals surface area contributed by atoms with E-state index in [2.05, 4.69) is 181 Å². The van der Waals surface area contributed by atoms with Gasteiger partial charge in [0.25, 0.3) is 0 Å². The third-order valence-electron chi connectivity index (χ3n) is 11.4. The highest BCUT2D eigenvalue weighted by Crippen LogP contribution is 2.37. The highest BCUT2D eigenvalue weighted by atomic mass is 28.3. The Bertz CT molecular complexity index is 1190. The lowest BCUT2D eigenvalue weighted by atomic mass is 10.1. The average molecular weight is 825 g/mol. The van der Waals surface area contributed by atoms with Crippen LogP contribution in [0.4, 0.5) is 0 Å². The van der Waals surface area contributed by atoms with E-state index in [4.69, 9.17) is 0 Å². The van der Waals surface area contributed by atoms with Crippen LogP contribution in [0.15, 0.2) is 110 Å². The maximum atomic E-state index is 4.28. The summed E-state index contributed by atoms with van der Waals surface area (Å²) in [5.41, 5.74) is 8.44. The van der Waals surface area contributed by atoms with Crippen molar-refractivity contribution in [3.05, 3.63) is 110 Å². The Morgan fingerprint density at radius 2 is 0.911 bits per heavy atom. The summed E-state index contributed by atoms with van der Waals surface area (Å²) in [4.78, 5) is 0. The van der Waals surface area contributed by atoms with Gasteiger partial charge in [0, 0.05) is 0 Å². The first kappa shape index (κ1) is 58.5. The molecule has 1 atom stereocenters. The Morgan fingerprint density at radius 1 is 0.571 bits per heavy atom. The number of hydrogen-bond acceptors (Lipinski definition) is 3. The SMILES string of the molecule is C=CC(=C)CC/C=C(/C)C[Si](C)(C)N(C)CCC.C=CC(=C)CC/C=C(\C)C[Si](C)(C)N(C)CCC.C=CC(=C)CCC(C(=C)C)[Si](C)(C)N(CCC)C(C)C. The van der Waals surface area contributed by atoms with Crippen molar-refractivity contribution in [1.82, 2.24) is 13.7 Å². The molecule has 0 aromatic carbocycles. The van der Waals surface area contributed by atoms with E-state index in [1.54, 1.807) is 0 Å². The van der Waals surface area contributed by atoms with Crippen molar-refractivity contribution in [2.45, 2.75) is 176 Å². The molecule has 0 aromatic rings. The van der Waals surface area contributed by atoms with Crippen LogP contribution in [0, 0.1) is 0 Å². The van der Waals surface area contributed by atoms with E-state index in [9.17, 15) is 0 Å². The topological polar surface area (TPSA) is 9.72 Å². The molecular weight excluding hydrogens is 727 g/mol. The Kier molecular flexibility index (Phi) is 32.6. The minimum atomic E-state index is -1.53. The minimum Gasteiger partial charge on any atom is -0.326 e. The summed E-state index contributed by atoms with van der Waals surface area (Å²) >= 11 is 0. The van der Waals surface area contributed by atoms with Crippen molar-refractivity contribution in [1.29, 1.82) is 0 Å². The molecule has 0 aliphatic carbocycles. The van der Waals surface area contributed by atoms with Crippen LogP contribution in [0.25, 0.3) is 0 Å². The second-order valence-corrected chi connectivity index (χ2v) is 32.5. The molecule has 0 radical (unpaired) electrons. The van der Waals surface area contributed by atoms with Gasteiger partial charge >= 0.3 is 0 Å². The first-order chi connectivity index (χ1) is 25.8. The van der Waals surface area contributed by atoms with Crippen molar-refractivity contribution >= 4 is 24.7 Å². The molecule has 1 unspecified atom stereocenters. The van der Waals surface area contributed by atoms with Crippen LogP contribution < -0.4 is 0 Å². The van der Waals surface area contributed by atoms with Gasteiger partial charge in [0.05, 0.1) is 0 Å². The number of nitrogens with zero attached hydrogens (tertiary/aromatic N) is 3. The Hall–Kier alpha value is -1.81. The number of rotatable bonds is 28. The standard InChI is InChI=1S/C18H35NSi.2C16H31NSi/c1-10-14-19(16(5)6)20(8,9)18(15(3)4)13-12-17(7)11-2;2*1-8-13-17(5)18(6,7)14-16(4)12-10-11-15(3)9-2/h11,16,18H,2-3,7,10,12-14H2,1,4-6,8-9H3;2*9,12H,2-3,8,10-11,13-14H2,1,4-7H3/b;16-12+;16-12-. The normalized spacial score (nSPS) is 13.1. The molecule has 56 heavy (non-hydrogen) atoms. The van der Waals surface area contributed by atoms with Crippen molar-refractivity contribution in [2.75, 3.05) is 33.7 Å². The van der Waals surface area contributed by atoms with Crippen LogP contribution >= 0.6 is 0 Å². The fourth-order valence-electron chi connectivity index (χ4n) is 7.55. The summed E-state index contributed by atoms with van der Waals surface area (Å²) in [6, 6.07) is 3.15. The molecule has 0 fully saturated rings.